The largest absolute Gasteiger partial charge is 0.295 e. The Labute approximate surface area is 74.5 Å². The average Bonchev–Trinajstić information content (AvgIpc) is 1.91. The van der Waals surface area contributed by atoms with Crippen LogP contribution in [0.2, 0.25) is 0 Å². The summed E-state index contributed by atoms with van der Waals surface area (Å²) in [7, 11) is 0. The van der Waals surface area contributed by atoms with Crippen LogP contribution in [0, 0.1) is 0 Å². The van der Waals surface area contributed by atoms with E-state index in [0.29, 0.717) is 6.04 Å². The van der Waals surface area contributed by atoms with E-state index < -0.39 is 0 Å². The Bertz CT molecular complexity index is 156. The van der Waals surface area contributed by atoms with Gasteiger partial charge >= 0.3 is 0 Å². The SMILES string of the molecule is C[C@H]1CN(N)CCN1C1CCC1. The molecule has 2 N–H and O–H groups in total. The zero-order chi connectivity index (χ0) is 8.55. The molecule has 12 heavy (non-hydrogen) atoms. The van der Waals surface area contributed by atoms with Crippen LogP contribution in [0.25, 0.3) is 0 Å². The first-order valence-electron chi connectivity index (χ1n) is 5.03. The van der Waals surface area contributed by atoms with Crippen LogP contribution in [0.3, 0.4) is 0 Å². The summed E-state index contributed by atoms with van der Waals surface area (Å²) in [6.45, 7) is 5.54. The van der Waals surface area contributed by atoms with Gasteiger partial charge in [-0.25, -0.2) is 5.01 Å². The highest BCUT2D eigenvalue weighted by molar-refractivity contribution is 4.87. The highest BCUT2D eigenvalue weighted by Crippen LogP contribution is 2.27. The van der Waals surface area contributed by atoms with Crippen LogP contribution in [0.1, 0.15) is 26.2 Å². The second kappa shape index (κ2) is 3.32. The van der Waals surface area contributed by atoms with Crippen molar-refractivity contribution in [1.29, 1.82) is 0 Å². The van der Waals surface area contributed by atoms with E-state index in [0.717, 1.165) is 19.1 Å². The first-order chi connectivity index (χ1) is 5.77. The van der Waals surface area contributed by atoms with E-state index in [1.54, 1.807) is 0 Å². The number of nitrogens with zero attached hydrogens (tertiary/aromatic N) is 2. The Morgan fingerprint density at radius 2 is 2.00 bits per heavy atom. The highest BCUT2D eigenvalue weighted by atomic mass is 15.4. The van der Waals surface area contributed by atoms with Gasteiger partial charge in [0.2, 0.25) is 0 Å². The molecule has 3 heteroatoms. The minimum atomic E-state index is 0.661. The number of hydrazine groups is 1. The topological polar surface area (TPSA) is 32.5 Å². The predicted molar refractivity (Wildman–Crippen MR) is 49.6 cm³/mol. The second-order valence-corrected chi connectivity index (χ2v) is 4.17. The Hall–Kier alpha value is -0.120. The Morgan fingerprint density at radius 3 is 2.50 bits per heavy atom. The van der Waals surface area contributed by atoms with E-state index >= 15 is 0 Å². The summed E-state index contributed by atoms with van der Waals surface area (Å²) < 4.78 is 0. The van der Waals surface area contributed by atoms with Gasteiger partial charge in [-0.05, 0) is 19.8 Å². The summed E-state index contributed by atoms with van der Waals surface area (Å²) in [5.41, 5.74) is 0. The minimum absolute atomic E-state index is 0.661. The summed E-state index contributed by atoms with van der Waals surface area (Å²) >= 11 is 0. The number of hydrogen-bond acceptors (Lipinski definition) is 3. The molecule has 1 heterocycles. The Morgan fingerprint density at radius 1 is 1.25 bits per heavy atom. The molecule has 1 saturated carbocycles. The van der Waals surface area contributed by atoms with Crippen molar-refractivity contribution in [3.8, 4) is 0 Å². The number of rotatable bonds is 1. The van der Waals surface area contributed by atoms with Crippen molar-refractivity contribution in [2.45, 2.75) is 38.3 Å². The fourth-order valence-corrected chi connectivity index (χ4v) is 2.26. The van der Waals surface area contributed by atoms with Gasteiger partial charge in [0.1, 0.15) is 0 Å². The summed E-state index contributed by atoms with van der Waals surface area (Å²) in [5, 5.41) is 1.94. The van der Waals surface area contributed by atoms with Crippen LogP contribution in [0.5, 0.6) is 0 Å². The van der Waals surface area contributed by atoms with Crippen LogP contribution < -0.4 is 5.84 Å². The van der Waals surface area contributed by atoms with Gasteiger partial charge in [0.15, 0.2) is 0 Å². The molecule has 0 amide bonds. The lowest BCUT2D eigenvalue weighted by atomic mass is 9.90. The van der Waals surface area contributed by atoms with Crippen LogP contribution in [0.4, 0.5) is 0 Å². The van der Waals surface area contributed by atoms with E-state index in [2.05, 4.69) is 11.8 Å². The standard InChI is InChI=1S/C9H19N3/c1-8-7-11(10)5-6-12(8)9-3-2-4-9/h8-9H,2-7,10H2,1H3/t8-/m0/s1. The molecule has 0 unspecified atom stereocenters. The van der Waals surface area contributed by atoms with Gasteiger partial charge in [-0.3, -0.25) is 10.7 Å². The molecule has 0 aromatic heterocycles. The zero-order valence-electron chi connectivity index (χ0n) is 7.87. The molecule has 1 aliphatic carbocycles. The van der Waals surface area contributed by atoms with Crippen LogP contribution in [-0.4, -0.2) is 41.6 Å². The lowest BCUT2D eigenvalue weighted by molar-refractivity contribution is 0.0200. The molecule has 1 atom stereocenters. The average molecular weight is 169 g/mol. The normalized spacial score (nSPS) is 35.0. The van der Waals surface area contributed by atoms with Gasteiger partial charge in [-0.15, -0.1) is 0 Å². The fourth-order valence-electron chi connectivity index (χ4n) is 2.26. The molecule has 1 aliphatic heterocycles. The molecule has 0 radical (unpaired) electrons. The van der Waals surface area contributed by atoms with Gasteiger partial charge in [-0.1, -0.05) is 6.42 Å². The van der Waals surface area contributed by atoms with Gasteiger partial charge in [0.25, 0.3) is 0 Å². The van der Waals surface area contributed by atoms with E-state index in [1.165, 1.54) is 25.8 Å². The third kappa shape index (κ3) is 1.49. The fraction of sp³-hybridized carbons (Fsp3) is 1.00. The molecular formula is C9H19N3. The van der Waals surface area contributed by atoms with Crippen molar-refractivity contribution < 1.29 is 0 Å². The molecular weight excluding hydrogens is 150 g/mol. The maximum atomic E-state index is 5.75. The Balaban J connectivity index is 1.88. The Kier molecular flexibility index (Phi) is 2.35. The molecule has 3 nitrogen and oxygen atoms in total. The monoisotopic (exact) mass is 169 g/mol. The lowest BCUT2D eigenvalue weighted by Gasteiger charge is -2.46. The van der Waals surface area contributed by atoms with Gasteiger partial charge in [0, 0.05) is 31.7 Å². The smallest absolute Gasteiger partial charge is 0.0282 e. The van der Waals surface area contributed by atoms with Gasteiger partial charge < -0.3 is 0 Å². The molecule has 0 spiro atoms. The molecule has 2 rings (SSSR count). The molecule has 2 aliphatic rings. The third-order valence-corrected chi connectivity index (χ3v) is 3.25. The summed E-state index contributed by atoms with van der Waals surface area (Å²) in [5.74, 6) is 5.75. The predicted octanol–water partition coefficient (Wildman–Crippen LogP) is 0.419. The van der Waals surface area contributed by atoms with E-state index in [-0.39, 0.29) is 0 Å². The minimum Gasteiger partial charge on any atom is -0.295 e. The summed E-state index contributed by atoms with van der Waals surface area (Å²) in [6.07, 6.45) is 4.25. The van der Waals surface area contributed by atoms with Crippen molar-refractivity contribution in [1.82, 2.24) is 9.91 Å². The first-order valence-corrected chi connectivity index (χ1v) is 5.03. The van der Waals surface area contributed by atoms with Crippen LogP contribution in [-0.2, 0) is 0 Å². The molecule has 0 aromatic carbocycles. The van der Waals surface area contributed by atoms with Crippen molar-refractivity contribution >= 4 is 0 Å². The second-order valence-electron chi connectivity index (χ2n) is 4.17. The van der Waals surface area contributed by atoms with Crippen molar-refractivity contribution in [3.63, 3.8) is 0 Å². The summed E-state index contributed by atoms with van der Waals surface area (Å²) in [4.78, 5) is 2.63. The van der Waals surface area contributed by atoms with Gasteiger partial charge in [0.05, 0.1) is 0 Å². The molecule has 0 aromatic rings. The maximum absolute atomic E-state index is 5.75. The van der Waals surface area contributed by atoms with Gasteiger partial charge in [-0.2, -0.15) is 0 Å². The number of piperazine rings is 1. The number of nitrogens with two attached hydrogens (primary N) is 1. The molecule has 1 saturated heterocycles. The molecule has 0 bridgehead atoms. The van der Waals surface area contributed by atoms with Crippen molar-refractivity contribution in [2.24, 2.45) is 5.84 Å². The first kappa shape index (κ1) is 8.48. The number of hydrogen-bond donors (Lipinski definition) is 1. The zero-order valence-corrected chi connectivity index (χ0v) is 7.87. The highest BCUT2D eigenvalue weighted by Gasteiger charge is 2.31. The van der Waals surface area contributed by atoms with Crippen LogP contribution in [0.15, 0.2) is 0 Å². The van der Waals surface area contributed by atoms with Crippen molar-refractivity contribution in [3.05, 3.63) is 0 Å². The quantitative estimate of drug-likeness (QED) is 0.577. The van der Waals surface area contributed by atoms with E-state index in [1.807, 2.05) is 5.01 Å². The summed E-state index contributed by atoms with van der Waals surface area (Å²) in [6, 6.07) is 1.54. The lowest BCUT2D eigenvalue weighted by Crippen LogP contribution is -2.58. The van der Waals surface area contributed by atoms with Crippen molar-refractivity contribution in [2.75, 3.05) is 19.6 Å². The molecule has 70 valence electrons. The third-order valence-electron chi connectivity index (χ3n) is 3.25. The maximum Gasteiger partial charge on any atom is 0.0282 e. The molecule has 2 fully saturated rings. The van der Waals surface area contributed by atoms with Crippen LogP contribution >= 0.6 is 0 Å². The van der Waals surface area contributed by atoms with E-state index in [9.17, 15) is 0 Å². The van der Waals surface area contributed by atoms with E-state index in [4.69, 9.17) is 5.84 Å².